The van der Waals surface area contributed by atoms with Gasteiger partial charge in [-0.05, 0) is 56.6 Å². The summed E-state index contributed by atoms with van der Waals surface area (Å²) in [4.78, 5) is 54.8. The molecule has 3 amide bonds. The fourth-order valence-electron chi connectivity index (χ4n) is 4.59. The number of esters is 1. The standard InChI is InChI=1S/C25H35N3O6S/c1-3-33-25(32)26-19(13-16-35-2)22(29)27-14-7-11-20(27)23(30)28-15-8-12-21(28)24(31)34-17-18-9-5-4-6-10-18/h4-6,9-10,19-21H,3,7-8,11-17H2,1-2H3,(H,26,32)/t19-,20-,21-/m0/s1. The number of alkyl carbamates (subject to hydrolysis) is 1. The first-order valence-electron chi connectivity index (χ1n) is 12.2. The fourth-order valence-corrected chi connectivity index (χ4v) is 5.06. The summed E-state index contributed by atoms with van der Waals surface area (Å²) in [6, 6.07) is 7.35. The molecule has 0 radical (unpaired) electrons. The van der Waals surface area contributed by atoms with E-state index in [1.165, 1.54) is 0 Å². The van der Waals surface area contributed by atoms with Crippen LogP contribution in [0.5, 0.6) is 0 Å². The fraction of sp³-hybridized carbons (Fsp3) is 0.600. The summed E-state index contributed by atoms with van der Waals surface area (Å²) in [5, 5.41) is 2.65. The maximum atomic E-state index is 13.5. The van der Waals surface area contributed by atoms with E-state index in [-0.39, 0.29) is 25.0 Å². The number of nitrogens with zero attached hydrogens (tertiary/aromatic N) is 2. The third-order valence-electron chi connectivity index (χ3n) is 6.33. The van der Waals surface area contributed by atoms with Crippen LogP contribution >= 0.6 is 11.8 Å². The summed E-state index contributed by atoms with van der Waals surface area (Å²) < 4.78 is 10.5. The van der Waals surface area contributed by atoms with Gasteiger partial charge in [-0.2, -0.15) is 11.8 Å². The number of carbonyl (C=O) groups excluding carboxylic acids is 4. The van der Waals surface area contributed by atoms with Crippen molar-refractivity contribution >= 4 is 35.6 Å². The second-order valence-electron chi connectivity index (χ2n) is 8.67. The Morgan fingerprint density at radius 3 is 2.40 bits per heavy atom. The summed E-state index contributed by atoms with van der Waals surface area (Å²) in [5.41, 5.74) is 0.884. The van der Waals surface area contributed by atoms with Crippen molar-refractivity contribution in [3.05, 3.63) is 35.9 Å². The largest absolute Gasteiger partial charge is 0.459 e. The molecule has 0 bridgehead atoms. The smallest absolute Gasteiger partial charge is 0.407 e. The molecule has 2 aliphatic heterocycles. The molecule has 1 aromatic rings. The summed E-state index contributed by atoms with van der Waals surface area (Å²) in [5.74, 6) is -0.256. The van der Waals surface area contributed by atoms with E-state index in [1.54, 1.807) is 28.5 Å². The lowest BCUT2D eigenvalue weighted by Gasteiger charge is -2.32. The number of benzene rings is 1. The number of ether oxygens (including phenoxy) is 2. The van der Waals surface area contributed by atoms with Gasteiger partial charge in [-0.3, -0.25) is 9.59 Å². The second-order valence-corrected chi connectivity index (χ2v) is 9.66. The zero-order valence-electron chi connectivity index (χ0n) is 20.4. The summed E-state index contributed by atoms with van der Waals surface area (Å²) in [6.07, 6.45) is 4.19. The number of thioether (sulfide) groups is 1. The summed E-state index contributed by atoms with van der Waals surface area (Å²) in [6.45, 7) is 2.95. The minimum absolute atomic E-state index is 0.156. The van der Waals surface area contributed by atoms with Gasteiger partial charge in [0.25, 0.3) is 0 Å². The molecule has 0 saturated carbocycles. The molecule has 3 rings (SSSR count). The van der Waals surface area contributed by atoms with Crippen LogP contribution < -0.4 is 5.32 Å². The Labute approximate surface area is 210 Å². The lowest BCUT2D eigenvalue weighted by Crippen LogP contribution is -2.55. The lowest BCUT2D eigenvalue weighted by atomic mass is 10.1. The van der Waals surface area contributed by atoms with E-state index in [9.17, 15) is 19.2 Å². The van der Waals surface area contributed by atoms with Gasteiger partial charge in [0.1, 0.15) is 24.7 Å². The monoisotopic (exact) mass is 505 g/mol. The highest BCUT2D eigenvalue weighted by atomic mass is 32.2. The highest BCUT2D eigenvalue weighted by Crippen LogP contribution is 2.26. The van der Waals surface area contributed by atoms with Crippen LogP contribution in [0.2, 0.25) is 0 Å². The number of carbonyl (C=O) groups is 4. The van der Waals surface area contributed by atoms with Gasteiger partial charge in [-0.15, -0.1) is 0 Å². The first-order chi connectivity index (χ1) is 17.0. The van der Waals surface area contributed by atoms with Crippen molar-refractivity contribution in [3.8, 4) is 0 Å². The molecule has 192 valence electrons. The molecule has 0 aliphatic carbocycles. The Kier molecular flexibility index (Phi) is 10.3. The van der Waals surface area contributed by atoms with E-state index < -0.39 is 30.2 Å². The topological polar surface area (TPSA) is 105 Å². The molecule has 9 nitrogen and oxygen atoms in total. The average molecular weight is 506 g/mol. The minimum Gasteiger partial charge on any atom is -0.459 e. The van der Waals surface area contributed by atoms with Crippen molar-refractivity contribution in [1.82, 2.24) is 15.1 Å². The van der Waals surface area contributed by atoms with Crippen LogP contribution in [0.4, 0.5) is 4.79 Å². The molecule has 0 spiro atoms. The molecule has 1 N–H and O–H groups in total. The van der Waals surface area contributed by atoms with Gasteiger partial charge in [-0.25, -0.2) is 9.59 Å². The van der Waals surface area contributed by atoms with Crippen molar-refractivity contribution in [2.45, 2.75) is 63.8 Å². The first kappa shape index (κ1) is 26.8. The average Bonchev–Trinajstić information content (AvgIpc) is 3.55. The number of amides is 3. The Bertz CT molecular complexity index is 883. The van der Waals surface area contributed by atoms with Crippen molar-refractivity contribution in [1.29, 1.82) is 0 Å². The summed E-state index contributed by atoms with van der Waals surface area (Å²) >= 11 is 1.57. The third-order valence-corrected chi connectivity index (χ3v) is 6.97. The minimum atomic E-state index is -0.764. The molecule has 1 aromatic carbocycles. The van der Waals surface area contributed by atoms with Crippen LogP contribution in [0, 0.1) is 0 Å². The van der Waals surface area contributed by atoms with E-state index in [1.807, 2.05) is 36.6 Å². The van der Waals surface area contributed by atoms with Gasteiger partial charge in [-0.1, -0.05) is 30.3 Å². The SMILES string of the molecule is CCOC(=O)N[C@@H](CCSC)C(=O)N1CCC[C@H]1C(=O)N1CCC[C@H]1C(=O)OCc1ccccc1. The highest BCUT2D eigenvalue weighted by Gasteiger charge is 2.43. The van der Waals surface area contributed by atoms with Gasteiger partial charge in [0.2, 0.25) is 11.8 Å². The Morgan fingerprint density at radius 1 is 1.03 bits per heavy atom. The predicted octanol–water partition coefficient (Wildman–Crippen LogP) is 2.58. The van der Waals surface area contributed by atoms with E-state index in [2.05, 4.69) is 5.32 Å². The van der Waals surface area contributed by atoms with Crippen molar-refractivity contribution in [2.75, 3.05) is 31.7 Å². The zero-order valence-corrected chi connectivity index (χ0v) is 21.3. The summed E-state index contributed by atoms with van der Waals surface area (Å²) in [7, 11) is 0. The first-order valence-corrected chi connectivity index (χ1v) is 13.6. The molecule has 0 aromatic heterocycles. The number of nitrogens with one attached hydrogen (secondary N) is 1. The van der Waals surface area contributed by atoms with E-state index in [4.69, 9.17) is 9.47 Å². The van der Waals surface area contributed by atoms with E-state index in [0.29, 0.717) is 50.9 Å². The predicted molar refractivity (Wildman–Crippen MR) is 133 cm³/mol. The van der Waals surface area contributed by atoms with Crippen LogP contribution in [0.1, 0.15) is 44.6 Å². The molecule has 0 unspecified atom stereocenters. The molecule has 2 saturated heterocycles. The van der Waals surface area contributed by atoms with Crippen LogP contribution in [-0.2, 0) is 30.5 Å². The van der Waals surface area contributed by atoms with Crippen LogP contribution in [0.3, 0.4) is 0 Å². The maximum Gasteiger partial charge on any atom is 0.407 e. The van der Waals surface area contributed by atoms with Crippen molar-refractivity contribution < 1.29 is 28.7 Å². The van der Waals surface area contributed by atoms with Crippen LogP contribution in [-0.4, -0.2) is 83.5 Å². The Hall–Kier alpha value is -2.75. The molecule has 2 aliphatic rings. The van der Waals surface area contributed by atoms with E-state index >= 15 is 0 Å². The molecular formula is C25H35N3O6S. The van der Waals surface area contributed by atoms with Gasteiger partial charge >= 0.3 is 12.1 Å². The normalized spacial score (nSPS) is 20.4. The molecule has 3 atom stereocenters. The van der Waals surface area contributed by atoms with Crippen molar-refractivity contribution in [3.63, 3.8) is 0 Å². The number of likely N-dealkylation sites (tertiary alicyclic amines) is 2. The van der Waals surface area contributed by atoms with Gasteiger partial charge in [0.05, 0.1) is 6.61 Å². The van der Waals surface area contributed by atoms with E-state index in [0.717, 1.165) is 5.56 Å². The Balaban J connectivity index is 1.65. The van der Waals surface area contributed by atoms with Gasteiger partial charge in [0.15, 0.2) is 0 Å². The number of hydrogen-bond acceptors (Lipinski definition) is 7. The Morgan fingerprint density at radius 2 is 1.71 bits per heavy atom. The van der Waals surface area contributed by atoms with Gasteiger partial charge in [0, 0.05) is 13.1 Å². The number of hydrogen-bond donors (Lipinski definition) is 1. The lowest BCUT2D eigenvalue weighted by molar-refractivity contribution is -0.156. The van der Waals surface area contributed by atoms with Gasteiger partial charge < -0.3 is 24.6 Å². The highest BCUT2D eigenvalue weighted by molar-refractivity contribution is 7.98. The quantitative estimate of drug-likeness (QED) is 0.487. The second kappa shape index (κ2) is 13.4. The zero-order chi connectivity index (χ0) is 25.2. The maximum absolute atomic E-state index is 13.5. The van der Waals surface area contributed by atoms with Crippen LogP contribution in [0.25, 0.3) is 0 Å². The molecule has 2 fully saturated rings. The molecule has 35 heavy (non-hydrogen) atoms. The number of rotatable bonds is 10. The van der Waals surface area contributed by atoms with Crippen LogP contribution in [0.15, 0.2) is 30.3 Å². The van der Waals surface area contributed by atoms with Crippen molar-refractivity contribution in [2.24, 2.45) is 0 Å². The molecule has 10 heteroatoms. The molecular weight excluding hydrogens is 470 g/mol. The molecule has 2 heterocycles. The third kappa shape index (κ3) is 7.13.